The van der Waals surface area contributed by atoms with Crippen molar-refractivity contribution in [3.05, 3.63) is 276 Å². The van der Waals surface area contributed by atoms with Crippen molar-refractivity contribution in [1.29, 1.82) is 0 Å². The average Bonchev–Trinajstić information content (AvgIpc) is 1.97. The van der Waals surface area contributed by atoms with Gasteiger partial charge in [0.1, 0.15) is 17.1 Å². The van der Waals surface area contributed by atoms with Crippen LogP contribution in [0.4, 0.5) is 4.79 Å². The van der Waals surface area contributed by atoms with Crippen LogP contribution >= 0.6 is 23.5 Å². The number of nitrogens with zero attached hydrogens (tertiary/aromatic N) is 3. The van der Waals surface area contributed by atoms with Crippen LogP contribution in [0.15, 0.2) is 246 Å². The molecule has 0 spiro atoms. The quantitative estimate of drug-likeness (QED) is 0.0361. The molecule has 0 aliphatic rings. The molecule has 9 nitrogen and oxygen atoms in total. The van der Waals surface area contributed by atoms with Crippen LogP contribution in [0.2, 0.25) is 0 Å². The molecule has 0 fully saturated rings. The average molecular weight is 1180 g/mol. The van der Waals surface area contributed by atoms with Gasteiger partial charge >= 0.3 is 6.09 Å². The molecule has 9 aromatic rings. The van der Waals surface area contributed by atoms with Crippen LogP contribution in [0.1, 0.15) is 98.4 Å². The van der Waals surface area contributed by atoms with Gasteiger partial charge in [-0.15, -0.1) is 23.5 Å². The SMILES string of the molecule is CC(C)(C)OC(=O)N(CCSC(c1ccccc1)(c1ccccc1)c1ccccc1)CCN(CCCCCCCCc1onc(-c2ccccc2)c1-c1ccc(S(N)(=O)=O)cc1)CCSC(c1ccccc1)(c1ccccc1)c1ccccc1. The second-order valence-electron chi connectivity index (χ2n) is 22.2. The molecule has 12 heteroatoms. The van der Waals surface area contributed by atoms with Crippen LogP contribution in [0.5, 0.6) is 0 Å². The third-order valence-corrected chi connectivity index (χ3v) is 19.2. The maximum Gasteiger partial charge on any atom is 0.410 e. The van der Waals surface area contributed by atoms with E-state index < -0.39 is 25.1 Å². The highest BCUT2D eigenvalue weighted by Crippen LogP contribution is 2.50. The van der Waals surface area contributed by atoms with Crippen molar-refractivity contribution in [2.75, 3.05) is 44.2 Å². The Balaban J connectivity index is 0.914. The van der Waals surface area contributed by atoms with Crippen LogP contribution in [0.3, 0.4) is 0 Å². The van der Waals surface area contributed by atoms with E-state index in [1.54, 1.807) is 12.1 Å². The van der Waals surface area contributed by atoms with Crippen molar-refractivity contribution in [3.8, 4) is 22.4 Å². The van der Waals surface area contributed by atoms with Crippen molar-refractivity contribution >= 4 is 39.6 Å². The first-order valence-corrected chi connectivity index (χ1v) is 32.9. The van der Waals surface area contributed by atoms with Crippen LogP contribution in [0, 0.1) is 0 Å². The first-order chi connectivity index (χ1) is 40.8. The van der Waals surface area contributed by atoms with Gasteiger partial charge < -0.3 is 19.1 Å². The van der Waals surface area contributed by atoms with Crippen LogP contribution < -0.4 is 5.14 Å². The van der Waals surface area contributed by atoms with E-state index in [0.29, 0.717) is 31.8 Å². The number of amides is 1. The molecule has 0 unspecified atom stereocenters. The first kappa shape index (κ1) is 61.4. The molecule has 0 aliphatic carbocycles. The fourth-order valence-corrected chi connectivity index (χ4v) is 14.7. The Kier molecular flexibility index (Phi) is 21.6. The number of sulfonamides is 1. The predicted molar refractivity (Wildman–Crippen MR) is 348 cm³/mol. The predicted octanol–water partition coefficient (Wildman–Crippen LogP) is 16.5. The number of hydrogen-bond donors (Lipinski definition) is 1. The number of carbonyl (C=O) groups is 1. The van der Waals surface area contributed by atoms with Gasteiger partial charge in [0.25, 0.3) is 0 Å². The fraction of sp³-hybridized carbons (Fsp3) is 0.278. The summed E-state index contributed by atoms with van der Waals surface area (Å²) in [5.74, 6) is 2.30. The van der Waals surface area contributed by atoms with Crippen LogP contribution in [-0.4, -0.2) is 79.3 Å². The van der Waals surface area contributed by atoms with Crippen molar-refractivity contribution in [2.45, 2.75) is 85.7 Å². The summed E-state index contributed by atoms with van der Waals surface area (Å²) in [7, 11) is -3.84. The third-order valence-electron chi connectivity index (χ3n) is 15.2. The van der Waals surface area contributed by atoms with E-state index in [1.807, 2.05) is 79.5 Å². The minimum atomic E-state index is -3.84. The second-order valence-corrected chi connectivity index (χ2v) is 26.4. The standard InChI is InChI=1S/C72H78N4O5S3/c1-70(2,3)80-69(77)76(54-56-83-72(62-39-23-12-24-40-62,63-41-25-13-26-42-63)64-43-27-14-28-44-64)52-51-75(53-55-82-71(59-33-17-9-18-34-59,60-35-19-10-20-36-60)61-37-21-11-22-38-61)50-30-7-5-4-6-29-45-66-67(57-46-48-65(49-47-57)84(73,78)79)68(74-81-66)58-31-15-8-16-32-58/h8-28,31-44,46-49H,4-7,29-30,45,50-56H2,1-3H3,(H2,73,78,79). The maximum atomic E-state index is 14.5. The molecule has 1 heterocycles. The summed E-state index contributed by atoms with van der Waals surface area (Å²) in [6.07, 6.45) is 6.59. The monoisotopic (exact) mass is 1170 g/mol. The van der Waals surface area contributed by atoms with Crippen molar-refractivity contribution in [3.63, 3.8) is 0 Å². The molecule has 9 rings (SSSR count). The van der Waals surface area contributed by atoms with E-state index in [4.69, 9.17) is 14.4 Å². The van der Waals surface area contributed by atoms with Crippen molar-refractivity contribution in [1.82, 2.24) is 15.0 Å². The fourth-order valence-electron chi connectivity index (χ4n) is 11.1. The number of thioether (sulfide) groups is 2. The largest absolute Gasteiger partial charge is 0.444 e. The highest BCUT2D eigenvalue weighted by molar-refractivity contribution is 8.00. The minimum absolute atomic E-state index is 0.0607. The van der Waals surface area contributed by atoms with Gasteiger partial charge in [-0.05, 0) is 91.2 Å². The number of unbranched alkanes of at least 4 members (excludes halogenated alkanes) is 5. The summed E-state index contributed by atoms with van der Waals surface area (Å²) in [6.45, 7) is 9.25. The number of ether oxygens (including phenoxy) is 1. The topological polar surface area (TPSA) is 119 Å². The van der Waals surface area contributed by atoms with Gasteiger partial charge in [-0.25, -0.2) is 18.4 Å². The van der Waals surface area contributed by atoms with Crippen molar-refractivity contribution < 1.29 is 22.5 Å². The lowest BCUT2D eigenvalue weighted by Crippen LogP contribution is -2.43. The summed E-state index contributed by atoms with van der Waals surface area (Å²) >= 11 is 3.84. The maximum absolute atomic E-state index is 14.5. The number of primary sulfonamides is 1. The van der Waals surface area contributed by atoms with E-state index in [9.17, 15) is 13.2 Å². The highest BCUT2D eigenvalue weighted by atomic mass is 32.2. The van der Waals surface area contributed by atoms with E-state index in [2.05, 4.69) is 192 Å². The normalized spacial score (nSPS) is 12.1. The van der Waals surface area contributed by atoms with Gasteiger partial charge in [-0.2, -0.15) is 0 Å². The highest BCUT2D eigenvalue weighted by Gasteiger charge is 2.39. The zero-order valence-corrected chi connectivity index (χ0v) is 51.1. The summed E-state index contributed by atoms with van der Waals surface area (Å²) in [6, 6.07) is 81.4. The smallest absolute Gasteiger partial charge is 0.410 e. The number of carbonyl (C=O) groups excluding carboxylic acids is 1. The van der Waals surface area contributed by atoms with Crippen LogP contribution in [0.25, 0.3) is 22.4 Å². The van der Waals surface area contributed by atoms with Gasteiger partial charge in [0.05, 0.1) is 20.0 Å². The lowest BCUT2D eigenvalue weighted by molar-refractivity contribution is 0.0245. The Morgan fingerprint density at radius 2 is 0.869 bits per heavy atom. The summed E-state index contributed by atoms with van der Waals surface area (Å²) in [5.41, 5.74) is 9.96. The number of benzene rings is 8. The molecule has 1 aromatic heterocycles. The number of nitrogens with two attached hydrogens (primary N) is 1. The Bertz CT molecular complexity index is 3320. The molecule has 0 radical (unpaired) electrons. The molecule has 1 amide bonds. The van der Waals surface area contributed by atoms with E-state index in [0.717, 1.165) is 85.5 Å². The lowest BCUT2D eigenvalue weighted by Gasteiger charge is -2.37. The molecule has 434 valence electrons. The second kappa shape index (κ2) is 29.6. The molecule has 0 atom stereocenters. The van der Waals surface area contributed by atoms with E-state index in [-0.39, 0.29) is 11.0 Å². The minimum Gasteiger partial charge on any atom is -0.444 e. The van der Waals surface area contributed by atoms with Gasteiger partial charge in [0.2, 0.25) is 10.0 Å². The third kappa shape index (κ3) is 15.8. The Morgan fingerprint density at radius 1 is 0.476 bits per heavy atom. The summed E-state index contributed by atoms with van der Waals surface area (Å²) in [5, 5.41) is 9.97. The molecule has 2 N–H and O–H groups in total. The van der Waals surface area contributed by atoms with E-state index in [1.165, 1.54) is 45.5 Å². The van der Waals surface area contributed by atoms with Crippen molar-refractivity contribution in [2.24, 2.45) is 5.14 Å². The number of rotatable bonds is 29. The molecule has 0 bridgehead atoms. The molecular weight excluding hydrogens is 1100 g/mol. The van der Waals surface area contributed by atoms with Gasteiger partial charge in [0.15, 0.2) is 0 Å². The Labute approximate surface area is 507 Å². The van der Waals surface area contributed by atoms with Gasteiger partial charge in [0, 0.05) is 49.7 Å². The van der Waals surface area contributed by atoms with E-state index >= 15 is 0 Å². The molecule has 8 aromatic carbocycles. The van der Waals surface area contributed by atoms with Gasteiger partial charge in [-0.1, -0.05) is 255 Å². The first-order valence-electron chi connectivity index (χ1n) is 29.3. The lowest BCUT2D eigenvalue weighted by atomic mass is 9.84. The summed E-state index contributed by atoms with van der Waals surface area (Å²) in [4.78, 5) is 19.0. The number of aryl methyl sites for hydroxylation is 1. The number of aromatic nitrogens is 1. The Hall–Kier alpha value is -7.19. The van der Waals surface area contributed by atoms with Gasteiger partial charge in [-0.3, -0.25) is 0 Å². The number of hydrogen-bond acceptors (Lipinski definition) is 9. The zero-order valence-electron chi connectivity index (χ0n) is 48.6. The Morgan fingerprint density at radius 3 is 1.29 bits per heavy atom. The molecular formula is C72H78N4O5S3. The van der Waals surface area contributed by atoms with Crippen LogP contribution in [-0.2, 0) is 30.7 Å². The molecule has 84 heavy (non-hydrogen) atoms. The zero-order chi connectivity index (χ0) is 58.7. The molecule has 0 aliphatic heterocycles. The molecule has 0 saturated carbocycles. The molecule has 0 saturated heterocycles. The summed E-state index contributed by atoms with van der Waals surface area (Å²) < 4.78 is 35.5.